The van der Waals surface area contributed by atoms with Crippen LogP contribution in [0.5, 0.6) is 5.75 Å². The second-order valence-electron chi connectivity index (χ2n) is 5.09. The molecule has 0 atom stereocenters. The molecule has 110 valence electrons. The van der Waals surface area contributed by atoms with Crippen LogP contribution in [0.25, 0.3) is 0 Å². The molecular formula is C15H16BrN3O2. The van der Waals surface area contributed by atoms with Crippen molar-refractivity contribution in [1.82, 2.24) is 14.7 Å². The van der Waals surface area contributed by atoms with Crippen molar-refractivity contribution in [3.63, 3.8) is 0 Å². The number of hydrogen-bond acceptors (Lipinski definition) is 3. The Morgan fingerprint density at radius 2 is 2.24 bits per heavy atom. The van der Waals surface area contributed by atoms with Crippen molar-refractivity contribution in [2.45, 2.75) is 26.4 Å². The molecule has 6 heteroatoms. The number of fused-ring (bicyclic) bond motifs is 1. The van der Waals surface area contributed by atoms with Crippen LogP contribution in [0.1, 0.15) is 28.5 Å². The third-order valence-corrected chi connectivity index (χ3v) is 4.37. The van der Waals surface area contributed by atoms with Crippen LogP contribution in [0.15, 0.2) is 28.9 Å². The summed E-state index contributed by atoms with van der Waals surface area (Å²) in [5.41, 5.74) is 2.79. The molecule has 1 aliphatic heterocycles. The summed E-state index contributed by atoms with van der Waals surface area (Å²) < 4.78 is 2.42. The molecule has 3 rings (SSSR count). The number of halogens is 1. The van der Waals surface area contributed by atoms with Crippen molar-refractivity contribution >= 4 is 21.8 Å². The highest BCUT2D eigenvalue weighted by Gasteiger charge is 2.26. The lowest BCUT2D eigenvalue weighted by molar-refractivity contribution is 0.0721. The summed E-state index contributed by atoms with van der Waals surface area (Å²) in [4.78, 5) is 14.5. The fourth-order valence-corrected chi connectivity index (χ4v) is 3.15. The Balaban J connectivity index is 1.88. The van der Waals surface area contributed by atoms with Gasteiger partial charge in [0.05, 0.1) is 10.7 Å². The minimum Gasteiger partial charge on any atom is -0.508 e. The lowest BCUT2D eigenvalue weighted by Gasteiger charge is -2.29. The van der Waals surface area contributed by atoms with Gasteiger partial charge in [0, 0.05) is 19.6 Å². The van der Waals surface area contributed by atoms with Gasteiger partial charge in [-0.15, -0.1) is 0 Å². The van der Waals surface area contributed by atoms with Crippen LogP contribution in [0.2, 0.25) is 0 Å². The number of carbonyl (C=O) groups excluding carboxylic acids is 1. The number of amides is 1. The predicted octanol–water partition coefficient (Wildman–Crippen LogP) is 2.57. The zero-order chi connectivity index (χ0) is 15.0. The summed E-state index contributed by atoms with van der Waals surface area (Å²) in [7, 11) is 0. The van der Waals surface area contributed by atoms with Crippen LogP contribution < -0.4 is 0 Å². The molecule has 0 radical (unpaired) electrons. The largest absolute Gasteiger partial charge is 0.508 e. The number of aryl methyl sites for hydroxylation is 1. The van der Waals surface area contributed by atoms with Gasteiger partial charge in [-0.2, -0.15) is 5.10 Å². The zero-order valence-electron chi connectivity index (χ0n) is 11.7. The second-order valence-corrected chi connectivity index (χ2v) is 5.94. The molecule has 5 nitrogen and oxygen atoms in total. The maximum atomic E-state index is 12.7. The van der Waals surface area contributed by atoms with Crippen molar-refractivity contribution in [2.75, 3.05) is 6.54 Å². The molecule has 0 aliphatic carbocycles. The molecule has 0 saturated heterocycles. The Hall–Kier alpha value is -1.82. The molecule has 1 aromatic carbocycles. The smallest absolute Gasteiger partial charge is 0.273 e. The first-order valence-corrected chi connectivity index (χ1v) is 7.70. The van der Waals surface area contributed by atoms with Gasteiger partial charge in [-0.25, -0.2) is 0 Å². The van der Waals surface area contributed by atoms with E-state index < -0.39 is 0 Å². The Morgan fingerprint density at radius 3 is 3.00 bits per heavy atom. The number of rotatable bonds is 2. The first-order valence-electron chi connectivity index (χ1n) is 6.91. The van der Waals surface area contributed by atoms with E-state index in [2.05, 4.69) is 21.0 Å². The molecule has 1 amide bonds. The summed E-state index contributed by atoms with van der Waals surface area (Å²) in [6.07, 6.45) is 2.46. The number of carbonyl (C=O) groups is 1. The molecule has 21 heavy (non-hydrogen) atoms. The lowest BCUT2D eigenvalue weighted by Crippen LogP contribution is -2.37. The summed E-state index contributed by atoms with van der Waals surface area (Å²) in [6.45, 7) is 3.81. The fourth-order valence-electron chi connectivity index (χ4n) is 2.68. The van der Waals surface area contributed by atoms with Gasteiger partial charge in [0.15, 0.2) is 0 Å². The van der Waals surface area contributed by atoms with Crippen LogP contribution >= 0.6 is 15.9 Å². The molecule has 1 aromatic heterocycles. The van der Waals surface area contributed by atoms with E-state index in [0.29, 0.717) is 25.3 Å². The quantitative estimate of drug-likeness (QED) is 0.906. The van der Waals surface area contributed by atoms with Gasteiger partial charge in [-0.1, -0.05) is 6.07 Å². The van der Waals surface area contributed by atoms with E-state index in [1.165, 1.54) is 5.56 Å². The van der Waals surface area contributed by atoms with Gasteiger partial charge in [0.2, 0.25) is 0 Å². The summed E-state index contributed by atoms with van der Waals surface area (Å²) in [5.74, 6) is 0.207. The first-order chi connectivity index (χ1) is 10.1. The van der Waals surface area contributed by atoms with E-state index in [0.717, 1.165) is 16.5 Å². The van der Waals surface area contributed by atoms with Crippen LogP contribution in [0, 0.1) is 0 Å². The number of phenols is 1. The molecule has 2 aromatic rings. The molecule has 0 unspecified atom stereocenters. The van der Waals surface area contributed by atoms with Crippen molar-refractivity contribution < 1.29 is 9.90 Å². The number of phenolic OH excluding ortho intramolecular Hbond substituents is 1. The zero-order valence-corrected chi connectivity index (χ0v) is 13.3. The number of aromatic hydroxyl groups is 1. The highest BCUT2D eigenvalue weighted by molar-refractivity contribution is 9.10. The Labute approximate surface area is 131 Å². The monoisotopic (exact) mass is 349 g/mol. The van der Waals surface area contributed by atoms with Crippen molar-refractivity contribution in [3.8, 4) is 5.75 Å². The predicted molar refractivity (Wildman–Crippen MR) is 82.2 cm³/mol. The molecule has 1 aliphatic rings. The van der Waals surface area contributed by atoms with Gasteiger partial charge in [0.25, 0.3) is 5.91 Å². The van der Waals surface area contributed by atoms with Crippen LogP contribution in [-0.2, 0) is 19.5 Å². The maximum Gasteiger partial charge on any atom is 0.273 e. The Kier molecular flexibility index (Phi) is 3.71. The van der Waals surface area contributed by atoms with E-state index in [4.69, 9.17) is 0 Å². The van der Waals surface area contributed by atoms with E-state index in [-0.39, 0.29) is 11.7 Å². The molecular weight excluding hydrogens is 334 g/mol. The maximum absolute atomic E-state index is 12.7. The molecule has 1 N–H and O–H groups in total. The summed E-state index contributed by atoms with van der Waals surface area (Å²) in [6, 6.07) is 5.36. The van der Waals surface area contributed by atoms with Crippen LogP contribution in [-0.4, -0.2) is 32.2 Å². The van der Waals surface area contributed by atoms with Crippen LogP contribution in [0.3, 0.4) is 0 Å². The van der Waals surface area contributed by atoms with E-state index in [9.17, 15) is 9.90 Å². The minimum atomic E-state index is -0.0322. The van der Waals surface area contributed by atoms with Gasteiger partial charge >= 0.3 is 0 Å². The molecule has 0 spiro atoms. The number of aromatic nitrogens is 2. The van der Waals surface area contributed by atoms with Crippen molar-refractivity contribution in [1.29, 1.82) is 0 Å². The summed E-state index contributed by atoms with van der Waals surface area (Å²) in [5, 5.41) is 13.8. The molecule has 0 saturated carbocycles. The Bertz CT molecular complexity index is 696. The van der Waals surface area contributed by atoms with Gasteiger partial charge in [-0.3, -0.25) is 9.48 Å². The third kappa shape index (κ3) is 2.55. The lowest BCUT2D eigenvalue weighted by atomic mass is 9.99. The fraction of sp³-hybridized carbons (Fsp3) is 0.333. The normalized spacial score (nSPS) is 14.1. The SMILES string of the molecule is CCn1ncc(Br)c1C(=O)N1CCc2ccc(O)cc2C1. The number of benzene rings is 1. The van der Waals surface area contributed by atoms with E-state index >= 15 is 0 Å². The minimum absolute atomic E-state index is 0.0322. The van der Waals surface area contributed by atoms with Crippen molar-refractivity contribution in [2.24, 2.45) is 0 Å². The van der Waals surface area contributed by atoms with Crippen molar-refractivity contribution in [3.05, 3.63) is 45.7 Å². The topological polar surface area (TPSA) is 58.4 Å². The van der Waals surface area contributed by atoms with E-state index in [1.807, 2.05) is 13.0 Å². The third-order valence-electron chi connectivity index (χ3n) is 3.79. The molecule has 0 fully saturated rings. The van der Waals surface area contributed by atoms with Gasteiger partial charge < -0.3 is 10.0 Å². The average molecular weight is 350 g/mol. The van der Waals surface area contributed by atoms with Gasteiger partial charge in [0.1, 0.15) is 11.4 Å². The van der Waals surface area contributed by atoms with E-state index in [1.54, 1.807) is 27.9 Å². The number of hydrogen-bond donors (Lipinski definition) is 1. The average Bonchev–Trinajstić information content (AvgIpc) is 2.86. The standard InChI is InChI=1S/C15H16BrN3O2/c1-2-19-14(13(16)8-17-19)15(21)18-6-5-10-3-4-12(20)7-11(10)9-18/h3-4,7-8,20H,2,5-6,9H2,1H3. The highest BCUT2D eigenvalue weighted by atomic mass is 79.9. The Morgan fingerprint density at radius 1 is 1.43 bits per heavy atom. The second kappa shape index (κ2) is 5.52. The number of nitrogens with zero attached hydrogens (tertiary/aromatic N) is 3. The molecule has 0 bridgehead atoms. The van der Waals surface area contributed by atoms with Crippen LogP contribution in [0.4, 0.5) is 0 Å². The first kappa shape index (κ1) is 14.1. The molecule has 2 heterocycles. The van der Waals surface area contributed by atoms with Gasteiger partial charge in [-0.05, 0) is 52.5 Å². The summed E-state index contributed by atoms with van der Waals surface area (Å²) >= 11 is 3.40. The highest BCUT2D eigenvalue weighted by Crippen LogP contribution is 2.26.